The number of carbonyl (C=O) groups excluding carboxylic acids is 2. The number of ketones is 1. The second kappa shape index (κ2) is 7.93. The van der Waals surface area contributed by atoms with Gasteiger partial charge in [-0.2, -0.15) is 0 Å². The number of hydrogen-bond acceptors (Lipinski definition) is 6. The molecule has 1 saturated carbocycles. The summed E-state index contributed by atoms with van der Waals surface area (Å²) in [6, 6.07) is 0. The van der Waals surface area contributed by atoms with Gasteiger partial charge >= 0.3 is 5.97 Å². The van der Waals surface area contributed by atoms with Gasteiger partial charge in [0, 0.05) is 17.7 Å². The molecule has 0 radical (unpaired) electrons. The van der Waals surface area contributed by atoms with Crippen LogP contribution in [-0.2, 0) is 23.8 Å². The molecule has 1 aliphatic heterocycles. The average Bonchev–Trinajstić information content (AvgIpc) is 3.01. The predicted molar refractivity (Wildman–Crippen MR) is 84.4 cm³/mol. The van der Waals surface area contributed by atoms with Gasteiger partial charge in [0.05, 0.1) is 25.7 Å². The van der Waals surface area contributed by atoms with Crippen molar-refractivity contribution in [3.8, 4) is 0 Å². The molecule has 6 nitrogen and oxygen atoms in total. The molecule has 2 rings (SSSR count). The van der Waals surface area contributed by atoms with Crippen LogP contribution in [0.25, 0.3) is 0 Å². The summed E-state index contributed by atoms with van der Waals surface area (Å²) in [5.41, 5.74) is 7.15. The molecule has 0 unspecified atom stereocenters. The van der Waals surface area contributed by atoms with Crippen molar-refractivity contribution in [1.82, 2.24) is 0 Å². The van der Waals surface area contributed by atoms with Gasteiger partial charge in [-0.05, 0) is 26.2 Å². The molecule has 2 N–H and O–H groups in total. The summed E-state index contributed by atoms with van der Waals surface area (Å²) >= 11 is 0. The number of rotatable bonds is 6. The Morgan fingerprint density at radius 3 is 2.52 bits per heavy atom. The molecule has 0 aromatic rings. The van der Waals surface area contributed by atoms with E-state index in [0.717, 1.165) is 32.1 Å². The maximum absolute atomic E-state index is 12.4. The first-order valence-corrected chi connectivity index (χ1v) is 8.53. The Morgan fingerprint density at radius 2 is 1.91 bits per heavy atom. The summed E-state index contributed by atoms with van der Waals surface area (Å²) in [7, 11) is 0. The fourth-order valence-electron chi connectivity index (χ4n) is 3.49. The summed E-state index contributed by atoms with van der Waals surface area (Å²) in [4.78, 5) is 24.3. The van der Waals surface area contributed by atoms with Crippen molar-refractivity contribution in [1.29, 1.82) is 0 Å². The third-order valence-corrected chi connectivity index (χ3v) is 4.53. The lowest BCUT2D eigenvalue weighted by Crippen LogP contribution is -2.45. The largest absolute Gasteiger partial charge is 0.460 e. The first-order valence-electron chi connectivity index (χ1n) is 8.53. The van der Waals surface area contributed by atoms with E-state index in [1.165, 1.54) is 0 Å². The summed E-state index contributed by atoms with van der Waals surface area (Å²) in [6.07, 6.45) is 4.77. The van der Waals surface area contributed by atoms with Crippen molar-refractivity contribution in [2.75, 3.05) is 19.8 Å². The standard InChI is InChI=1S/C17H27NO5/c1-3-7-12(15(19)16(20)21-4-2)14(18)13-8-5-6-9-17(13)22-10-11-23-17/h13H,3-11,18H2,1-2H3/b14-12-/t13-/m1/s1. The summed E-state index contributed by atoms with van der Waals surface area (Å²) in [6.45, 7) is 4.87. The predicted octanol–water partition coefficient (Wildman–Crippen LogP) is 2.06. The molecule has 0 amide bonds. The van der Waals surface area contributed by atoms with Gasteiger partial charge in [-0.25, -0.2) is 4.79 Å². The van der Waals surface area contributed by atoms with Crippen molar-refractivity contribution >= 4 is 11.8 Å². The molecule has 1 spiro atoms. The molecule has 2 fully saturated rings. The molecule has 23 heavy (non-hydrogen) atoms. The van der Waals surface area contributed by atoms with Gasteiger partial charge in [-0.3, -0.25) is 4.79 Å². The van der Waals surface area contributed by atoms with Gasteiger partial charge in [-0.1, -0.05) is 19.8 Å². The number of ether oxygens (including phenoxy) is 3. The molecular weight excluding hydrogens is 298 g/mol. The molecule has 130 valence electrons. The van der Waals surface area contributed by atoms with Gasteiger partial charge in [0.15, 0.2) is 5.79 Å². The minimum Gasteiger partial charge on any atom is -0.460 e. The first kappa shape index (κ1) is 17.9. The molecule has 6 heteroatoms. The zero-order chi connectivity index (χ0) is 16.9. The molecule has 2 aliphatic rings. The Morgan fingerprint density at radius 1 is 1.22 bits per heavy atom. The van der Waals surface area contributed by atoms with Gasteiger partial charge in [0.2, 0.25) is 0 Å². The van der Waals surface area contributed by atoms with E-state index in [1.54, 1.807) is 6.92 Å². The van der Waals surface area contributed by atoms with E-state index in [9.17, 15) is 9.59 Å². The molecule has 0 bridgehead atoms. The minimum atomic E-state index is -0.836. The van der Waals surface area contributed by atoms with Crippen molar-refractivity contribution in [2.45, 2.75) is 58.2 Å². The molecule has 1 atom stereocenters. The first-order chi connectivity index (χ1) is 11.1. The topological polar surface area (TPSA) is 87.9 Å². The second-order valence-corrected chi connectivity index (χ2v) is 6.04. The van der Waals surface area contributed by atoms with Crippen LogP contribution < -0.4 is 5.73 Å². The van der Waals surface area contributed by atoms with Gasteiger partial charge in [-0.15, -0.1) is 0 Å². The normalized spacial score (nSPS) is 24.3. The van der Waals surface area contributed by atoms with Crippen LogP contribution in [0, 0.1) is 5.92 Å². The monoisotopic (exact) mass is 325 g/mol. The highest BCUT2D eigenvalue weighted by atomic mass is 16.7. The van der Waals surface area contributed by atoms with Crippen LogP contribution >= 0.6 is 0 Å². The quantitative estimate of drug-likeness (QED) is 0.457. The number of carbonyl (C=O) groups is 2. The zero-order valence-electron chi connectivity index (χ0n) is 14.1. The highest BCUT2D eigenvalue weighted by molar-refractivity contribution is 6.40. The van der Waals surface area contributed by atoms with Crippen molar-refractivity contribution < 1.29 is 23.8 Å². The van der Waals surface area contributed by atoms with Crippen molar-refractivity contribution in [3.05, 3.63) is 11.3 Å². The SMILES string of the molecule is CCC/C(C(=O)C(=O)OCC)=C(/N)[C@H]1CCCCC12OCCO2. The van der Waals surface area contributed by atoms with E-state index in [2.05, 4.69) is 0 Å². The molecule has 0 aromatic heterocycles. The highest BCUT2D eigenvalue weighted by Gasteiger charge is 2.48. The lowest BCUT2D eigenvalue weighted by atomic mass is 9.79. The summed E-state index contributed by atoms with van der Waals surface area (Å²) in [5.74, 6) is -2.38. The van der Waals surface area contributed by atoms with E-state index in [-0.39, 0.29) is 12.5 Å². The number of esters is 1. The fourth-order valence-corrected chi connectivity index (χ4v) is 3.49. The van der Waals surface area contributed by atoms with Crippen LogP contribution in [0.3, 0.4) is 0 Å². The van der Waals surface area contributed by atoms with Crippen LogP contribution in [0.5, 0.6) is 0 Å². The lowest BCUT2D eigenvalue weighted by Gasteiger charge is -2.40. The molecule has 1 saturated heterocycles. The van der Waals surface area contributed by atoms with Crippen molar-refractivity contribution in [3.63, 3.8) is 0 Å². The smallest absolute Gasteiger partial charge is 0.379 e. The Bertz CT molecular complexity index is 479. The lowest BCUT2D eigenvalue weighted by molar-refractivity contribution is -0.203. The molecule has 1 heterocycles. The Labute approximate surface area is 137 Å². The Balaban J connectivity index is 2.32. The maximum atomic E-state index is 12.4. The van der Waals surface area contributed by atoms with Crippen molar-refractivity contribution in [2.24, 2.45) is 11.7 Å². The molecule has 1 aliphatic carbocycles. The third kappa shape index (κ3) is 3.75. The number of Topliss-reactive ketones (excluding diaryl/α,β-unsaturated/α-hetero) is 1. The Kier molecular flexibility index (Phi) is 6.18. The third-order valence-electron chi connectivity index (χ3n) is 4.53. The maximum Gasteiger partial charge on any atom is 0.379 e. The van der Waals surface area contributed by atoms with E-state index >= 15 is 0 Å². The number of hydrogen-bond donors (Lipinski definition) is 1. The summed E-state index contributed by atoms with van der Waals surface area (Å²) in [5, 5.41) is 0. The van der Waals surface area contributed by atoms with Gasteiger partial charge < -0.3 is 19.9 Å². The number of nitrogens with two attached hydrogens (primary N) is 1. The van der Waals surface area contributed by atoms with Crippen LogP contribution in [0.2, 0.25) is 0 Å². The van der Waals surface area contributed by atoms with Crippen LogP contribution in [-0.4, -0.2) is 37.4 Å². The zero-order valence-corrected chi connectivity index (χ0v) is 14.1. The molecule has 0 aromatic carbocycles. The van der Waals surface area contributed by atoms with Crippen LogP contribution in [0.1, 0.15) is 52.4 Å². The van der Waals surface area contributed by atoms with Gasteiger partial charge in [0.1, 0.15) is 0 Å². The highest BCUT2D eigenvalue weighted by Crippen LogP contribution is 2.43. The van der Waals surface area contributed by atoms with Crippen LogP contribution in [0.4, 0.5) is 0 Å². The van der Waals surface area contributed by atoms with E-state index < -0.39 is 17.5 Å². The van der Waals surface area contributed by atoms with E-state index in [1.807, 2.05) is 6.92 Å². The average molecular weight is 325 g/mol. The van der Waals surface area contributed by atoms with E-state index in [0.29, 0.717) is 30.9 Å². The minimum absolute atomic E-state index is 0.170. The van der Waals surface area contributed by atoms with E-state index in [4.69, 9.17) is 19.9 Å². The fraction of sp³-hybridized carbons (Fsp3) is 0.765. The Hall–Kier alpha value is -1.40. The van der Waals surface area contributed by atoms with Gasteiger partial charge in [0.25, 0.3) is 5.78 Å². The van der Waals surface area contributed by atoms with Crippen LogP contribution in [0.15, 0.2) is 11.3 Å². The summed E-state index contributed by atoms with van der Waals surface area (Å²) < 4.78 is 16.6. The molecular formula is C17H27NO5. The second-order valence-electron chi connectivity index (χ2n) is 6.04.